The second-order valence-corrected chi connectivity index (χ2v) is 6.96. The molecule has 7 nitrogen and oxygen atoms in total. The van der Waals surface area contributed by atoms with E-state index in [1.807, 2.05) is 59.9 Å². The Hall–Kier alpha value is -3.48. The van der Waals surface area contributed by atoms with E-state index in [1.54, 1.807) is 0 Å². The van der Waals surface area contributed by atoms with Crippen LogP contribution in [0.15, 0.2) is 53.3 Å². The average Bonchev–Trinajstić information content (AvgIpc) is 3.16. The zero-order valence-electron chi connectivity index (χ0n) is 16.6. The molecular formula is C22H23N5O2. The Labute approximate surface area is 168 Å². The Kier molecular flexibility index (Phi) is 5.12. The number of nitrogens with one attached hydrogen (secondary N) is 1. The van der Waals surface area contributed by atoms with E-state index in [0.29, 0.717) is 5.52 Å². The maximum absolute atomic E-state index is 13.1. The van der Waals surface area contributed by atoms with Gasteiger partial charge in [0.05, 0.1) is 11.0 Å². The smallest absolute Gasteiger partial charge is 0.297 e. The van der Waals surface area contributed by atoms with E-state index in [0.717, 1.165) is 41.9 Å². The zero-order valence-corrected chi connectivity index (χ0v) is 16.6. The summed E-state index contributed by atoms with van der Waals surface area (Å²) in [4.78, 5) is 25.9. The largest absolute Gasteiger partial charge is 0.324 e. The van der Waals surface area contributed by atoms with E-state index in [2.05, 4.69) is 22.4 Å². The maximum atomic E-state index is 13.1. The summed E-state index contributed by atoms with van der Waals surface area (Å²) in [6.45, 7) is 4.00. The van der Waals surface area contributed by atoms with Crippen molar-refractivity contribution in [3.63, 3.8) is 0 Å². The number of anilines is 1. The number of carbonyl (C=O) groups is 1. The Morgan fingerprint density at radius 2 is 1.72 bits per heavy atom. The van der Waals surface area contributed by atoms with Crippen LogP contribution in [-0.2, 0) is 24.2 Å². The fourth-order valence-corrected chi connectivity index (χ4v) is 3.65. The molecule has 7 heteroatoms. The van der Waals surface area contributed by atoms with Crippen molar-refractivity contribution in [2.24, 2.45) is 0 Å². The number of rotatable bonds is 6. The van der Waals surface area contributed by atoms with Gasteiger partial charge in [0.2, 0.25) is 11.6 Å². The molecule has 0 spiro atoms. The molecule has 0 aliphatic carbocycles. The molecule has 0 aliphatic heterocycles. The van der Waals surface area contributed by atoms with Crippen LogP contribution in [-0.4, -0.2) is 25.1 Å². The van der Waals surface area contributed by atoms with Crippen LogP contribution in [0.4, 0.5) is 5.69 Å². The van der Waals surface area contributed by atoms with Gasteiger partial charge in [0, 0.05) is 12.1 Å². The minimum absolute atomic E-state index is 0.0934. The summed E-state index contributed by atoms with van der Waals surface area (Å²) in [6.07, 6.45) is 2.44. The van der Waals surface area contributed by atoms with Crippen LogP contribution < -0.4 is 10.9 Å². The summed E-state index contributed by atoms with van der Waals surface area (Å²) < 4.78 is 3.28. The average molecular weight is 389 g/mol. The van der Waals surface area contributed by atoms with Gasteiger partial charge in [-0.2, -0.15) is 0 Å². The van der Waals surface area contributed by atoms with Crippen molar-refractivity contribution in [1.82, 2.24) is 19.2 Å². The normalized spacial score (nSPS) is 11.2. The van der Waals surface area contributed by atoms with Crippen molar-refractivity contribution in [3.8, 4) is 0 Å². The highest BCUT2D eigenvalue weighted by molar-refractivity contribution is 5.92. The maximum Gasteiger partial charge on any atom is 0.297 e. The van der Waals surface area contributed by atoms with E-state index in [9.17, 15) is 9.59 Å². The fourth-order valence-electron chi connectivity index (χ4n) is 3.65. The number of amides is 1. The first kappa shape index (κ1) is 18.9. The first-order valence-electron chi connectivity index (χ1n) is 9.87. The van der Waals surface area contributed by atoms with Crippen molar-refractivity contribution >= 4 is 28.3 Å². The summed E-state index contributed by atoms with van der Waals surface area (Å²) in [5.41, 5.74) is 3.24. The predicted molar refractivity (Wildman–Crippen MR) is 113 cm³/mol. The molecule has 148 valence electrons. The number of hydrogen-bond donors (Lipinski definition) is 1. The molecule has 0 bridgehead atoms. The summed E-state index contributed by atoms with van der Waals surface area (Å²) in [5, 5.41) is 11.3. The summed E-state index contributed by atoms with van der Waals surface area (Å²) in [5.74, 6) is 0.500. The molecule has 29 heavy (non-hydrogen) atoms. The number of fused-ring (bicyclic) bond motifs is 3. The van der Waals surface area contributed by atoms with Gasteiger partial charge in [0.1, 0.15) is 12.4 Å². The standard InChI is InChI=1S/C22H23N5O2/c1-3-9-19-24-25-21-22(29)26(17-12-7-8-13-18(17)27(19)21)14-20(28)23-16-11-6-5-10-15(16)4-2/h5-8,10-13H,3-4,9,14H2,1-2H3,(H,23,28). The summed E-state index contributed by atoms with van der Waals surface area (Å²) in [7, 11) is 0. The number of nitrogens with zero attached hydrogens (tertiary/aromatic N) is 4. The Morgan fingerprint density at radius 1 is 1.00 bits per heavy atom. The van der Waals surface area contributed by atoms with Gasteiger partial charge < -0.3 is 5.32 Å². The number of aromatic nitrogens is 4. The Balaban J connectivity index is 1.78. The lowest BCUT2D eigenvalue weighted by atomic mass is 10.1. The Morgan fingerprint density at radius 3 is 2.48 bits per heavy atom. The van der Waals surface area contributed by atoms with Crippen LogP contribution in [0.2, 0.25) is 0 Å². The minimum atomic E-state index is -0.322. The van der Waals surface area contributed by atoms with Crippen LogP contribution in [0.1, 0.15) is 31.7 Å². The number of benzene rings is 2. The molecule has 2 heterocycles. The molecule has 4 aromatic rings. The van der Waals surface area contributed by atoms with Gasteiger partial charge in [0.25, 0.3) is 5.56 Å². The lowest BCUT2D eigenvalue weighted by molar-refractivity contribution is -0.116. The van der Waals surface area contributed by atoms with E-state index in [-0.39, 0.29) is 23.7 Å². The van der Waals surface area contributed by atoms with Crippen LogP contribution in [0.25, 0.3) is 16.7 Å². The van der Waals surface area contributed by atoms with Crippen molar-refractivity contribution in [2.75, 3.05) is 5.32 Å². The van der Waals surface area contributed by atoms with Gasteiger partial charge in [0.15, 0.2) is 0 Å². The second-order valence-electron chi connectivity index (χ2n) is 6.96. The molecule has 0 atom stereocenters. The first-order valence-corrected chi connectivity index (χ1v) is 9.87. The number of para-hydroxylation sites is 3. The lowest BCUT2D eigenvalue weighted by Crippen LogP contribution is -2.29. The molecular weight excluding hydrogens is 366 g/mol. The van der Waals surface area contributed by atoms with Crippen LogP contribution in [0.5, 0.6) is 0 Å². The van der Waals surface area contributed by atoms with Crippen LogP contribution in [0, 0.1) is 0 Å². The molecule has 0 unspecified atom stereocenters. The molecule has 1 amide bonds. The summed E-state index contributed by atoms with van der Waals surface area (Å²) >= 11 is 0. The Bertz CT molecular complexity index is 1260. The number of carbonyl (C=O) groups excluding carboxylic acids is 1. The van der Waals surface area contributed by atoms with Crippen molar-refractivity contribution in [2.45, 2.75) is 39.7 Å². The number of hydrogen-bond acceptors (Lipinski definition) is 4. The summed E-state index contributed by atoms with van der Waals surface area (Å²) in [6, 6.07) is 15.2. The van der Waals surface area contributed by atoms with Gasteiger partial charge in [-0.15, -0.1) is 10.2 Å². The molecule has 1 N–H and O–H groups in total. The molecule has 0 fully saturated rings. The minimum Gasteiger partial charge on any atom is -0.324 e. The molecule has 0 saturated heterocycles. The monoisotopic (exact) mass is 389 g/mol. The van der Waals surface area contributed by atoms with E-state index in [4.69, 9.17) is 0 Å². The predicted octanol–water partition coefficient (Wildman–Crippen LogP) is 3.20. The molecule has 2 aromatic carbocycles. The topological polar surface area (TPSA) is 81.3 Å². The highest BCUT2D eigenvalue weighted by atomic mass is 16.2. The molecule has 2 aromatic heterocycles. The van der Waals surface area contributed by atoms with Gasteiger partial charge in [-0.1, -0.05) is 44.2 Å². The second kappa shape index (κ2) is 7.87. The first-order chi connectivity index (χ1) is 14.1. The highest BCUT2D eigenvalue weighted by Gasteiger charge is 2.17. The molecule has 0 radical (unpaired) electrons. The third-order valence-electron chi connectivity index (χ3n) is 5.03. The van der Waals surface area contributed by atoms with Gasteiger partial charge in [-0.05, 0) is 36.6 Å². The molecule has 4 rings (SSSR count). The van der Waals surface area contributed by atoms with Crippen molar-refractivity contribution in [1.29, 1.82) is 0 Å². The quantitative estimate of drug-likeness (QED) is 0.549. The fraction of sp³-hybridized carbons (Fsp3) is 0.273. The third-order valence-corrected chi connectivity index (χ3v) is 5.03. The molecule has 0 aliphatic rings. The van der Waals surface area contributed by atoms with E-state index >= 15 is 0 Å². The van der Waals surface area contributed by atoms with Crippen LogP contribution in [0.3, 0.4) is 0 Å². The lowest BCUT2D eigenvalue weighted by Gasteiger charge is -2.14. The van der Waals surface area contributed by atoms with Crippen molar-refractivity contribution < 1.29 is 4.79 Å². The van der Waals surface area contributed by atoms with E-state index in [1.165, 1.54) is 4.57 Å². The van der Waals surface area contributed by atoms with Crippen molar-refractivity contribution in [3.05, 3.63) is 70.3 Å². The zero-order chi connectivity index (χ0) is 20.4. The van der Waals surface area contributed by atoms with Crippen LogP contribution >= 0.6 is 0 Å². The van der Waals surface area contributed by atoms with Gasteiger partial charge >= 0.3 is 0 Å². The molecule has 0 saturated carbocycles. The number of aryl methyl sites for hydroxylation is 2. The van der Waals surface area contributed by atoms with E-state index < -0.39 is 0 Å². The highest BCUT2D eigenvalue weighted by Crippen LogP contribution is 2.18. The SMILES string of the molecule is CCCc1nnc2c(=O)n(CC(=O)Nc3ccccc3CC)c3ccccc3n12. The van der Waals surface area contributed by atoms with Gasteiger partial charge in [-0.3, -0.25) is 18.6 Å². The van der Waals surface area contributed by atoms with Gasteiger partial charge in [-0.25, -0.2) is 0 Å². The third kappa shape index (κ3) is 3.40.